The molecule has 17 heavy (non-hydrogen) atoms. The van der Waals surface area contributed by atoms with Gasteiger partial charge in [0.15, 0.2) is 0 Å². The molecular formula is C15H22ClN. The van der Waals surface area contributed by atoms with Crippen LogP contribution in [0.1, 0.15) is 43.7 Å². The molecule has 1 aromatic carbocycles. The van der Waals surface area contributed by atoms with E-state index >= 15 is 0 Å². The second kappa shape index (κ2) is 5.88. The van der Waals surface area contributed by atoms with E-state index in [1.807, 2.05) is 0 Å². The van der Waals surface area contributed by atoms with Gasteiger partial charge in [0, 0.05) is 11.9 Å². The maximum Gasteiger partial charge on any atom is 0.0360 e. The first-order chi connectivity index (χ1) is 8.15. The Kier molecular flexibility index (Phi) is 4.47. The summed E-state index contributed by atoms with van der Waals surface area (Å²) >= 11 is 6.11. The van der Waals surface area contributed by atoms with Crippen molar-refractivity contribution >= 4 is 11.6 Å². The summed E-state index contributed by atoms with van der Waals surface area (Å²) in [5.74, 6) is 0.621. The topological polar surface area (TPSA) is 3.24 Å². The molecule has 1 aromatic rings. The van der Waals surface area contributed by atoms with Gasteiger partial charge < -0.3 is 0 Å². The summed E-state index contributed by atoms with van der Waals surface area (Å²) in [4.78, 5) is 2.50. The Morgan fingerprint density at radius 3 is 2.29 bits per heavy atom. The first-order valence-electron chi connectivity index (χ1n) is 6.60. The molecule has 1 saturated heterocycles. The third kappa shape index (κ3) is 3.72. The number of benzene rings is 1. The van der Waals surface area contributed by atoms with Crippen molar-refractivity contribution in [2.75, 3.05) is 13.1 Å². The van der Waals surface area contributed by atoms with E-state index in [-0.39, 0.29) is 0 Å². The minimum absolute atomic E-state index is 0.398. The lowest BCUT2D eigenvalue weighted by Crippen LogP contribution is -2.33. The fraction of sp³-hybridized carbons (Fsp3) is 0.600. The minimum Gasteiger partial charge on any atom is -0.299 e. The van der Waals surface area contributed by atoms with Gasteiger partial charge in [0.2, 0.25) is 0 Å². The van der Waals surface area contributed by atoms with Crippen LogP contribution in [-0.2, 0) is 6.54 Å². The monoisotopic (exact) mass is 251 g/mol. The Morgan fingerprint density at radius 1 is 1.18 bits per heavy atom. The Labute approximate surface area is 110 Å². The zero-order valence-electron chi connectivity index (χ0n) is 10.8. The molecule has 94 valence electrons. The van der Waals surface area contributed by atoms with Crippen LogP contribution < -0.4 is 0 Å². The van der Waals surface area contributed by atoms with Crippen molar-refractivity contribution in [3.05, 3.63) is 35.4 Å². The molecule has 0 atom stereocenters. The molecule has 0 spiro atoms. The van der Waals surface area contributed by atoms with E-state index in [4.69, 9.17) is 11.6 Å². The Bertz CT molecular complexity index is 336. The second-order valence-corrected chi connectivity index (χ2v) is 5.96. The van der Waals surface area contributed by atoms with Gasteiger partial charge in [-0.25, -0.2) is 0 Å². The highest BCUT2D eigenvalue weighted by Gasteiger charge is 2.16. The molecule has 1 nitrogen and oxygen atoms in total. The second-order valence-electron chi connectivity index (χ2n) is 5.35. The summed E-state index contributed by atoms with van der Waals surface area (Å²) < 4.78 is 0. The number of nitrogens with zero attached hydrogens (tertiary/aromatic N) is 1. The van der Waals surface area contributed by atoms with E-state index in [0.717, 1.165) is 32.5 Å². The van der Waals surface area contributed by atoms with Crippen LogP contribution >= 0.6 is 11.6 Å². The zero-order valence-corrected chi connectivity index (χ0v) is 11.6. The van der Waals surface area contributed by atoms with Crippen molar-refractivity contribution in [3.63, 3.8) is 0 Å². The normalized spacial score (nSPS) is 18.8. The molecule has 2 heteroatoms. The van der Waals surface area contributed by atoms with Crippen molar-refractivity contribution < 1.29 is 0 Å². The van der Waals surface area contributed by atoms with Gasteiger partial charge in [-0.05, 0) is 43.0 Å². The molecule has 0 saturated carbocycles. The smallest absolute Gasteiger partial charge is 0.0360 e. The van der Waals surface area contributed by atoms with Gasteiger partial charge >= 0.3 is 0 Å². The Hall–Kier alpha value is -0.530. The molecule has 0 aromatic heterocycles. The maximum absolute atomic E-state index is 6.11. The fourth-order valence-electron chi connectivity index (χ4n) is 2.33. The Balaban J connectivity index is 1.90. The van der Waals surface area contributed by atoms with E-state index in [0.29, 0.717) is 11.3 Å². The molecule has 0 amide bonds. The molecular weight excluding hydrogens is 230 g/mol. The van der Waals surface area contributed by atoms with Crippen LogP contribution in [0.15, 0.2) is 24.3 Å². The SMILES string of the molecule is CC(C)c1ccc(CN2CCC(Cl)CC2)cc1. The van der Waals surface area contributed by atoms with E-state index < -0.39 is 0 Å². The van der Waals surface area contributed by atoms with Crippen molar-refractivity contribution in [2.45, 2.75) is 44.5 Å². The summed E-state index contributed by atoms with van der Waals surface area (Å²) in [5, 5.41) is 0.398. The van der Waals surface area contributed by atoms with Gasteiger partial charge in [0.05, 0.1) is 0 Å². The van der Waals surface area contributed by atoms with Crippen LogP contribution in [-0.4, -0.2) is 23.4 Å². The van der Waals surface area contributed by atoms with Crippen LogP contribution in [0.5, 0.6) is 0 Å². The standard InChI is InChI=1S/C15H22ClN/c1-12(2)14-5-3-13(4-6-14)11-17-9-7-15(16)8-10-17/h3-6,12,15H,7-11H2,1-2H3. The van der Waals surface area contributed by atoms with Crippen molar-refractivity contribution in [1.29, 1.82) is 0 Å². The van der Waals surface area contributed by atoms with Crippen LogP contribution in [0.3, 0.4) is 0 Å². The fourth-order valence-corrected chi connectivity index (χ4v) is 2.52. The quantitative estimate of drug-likeness (QED) is 0.734. The molecule has 0 bridgehead atoms. The molecule has 0 N–H and O–H groups in total. The van der Waals surface area contributed by atoms with E-state index in [1.54, 1.807) is 0 Å². The van der Waals surface area contributed by atoms with Crippen molar-refractivity contribution in [2.24, 2.45) is 0 Å². The highest BCUT2D eigenvalue weighted by Crippen LogP contribution is 2.19. The molecule has 1 aliphatic heterocycles. The lowest BCUT2D eigenvalue weighted by Gasteiger charge is -2.29. The number of rotatable bonds is 3. The van der Waals surface area contributed by atoms with Crippen LogP contribution in [0, 0.1) is 0 Å². The summed E-state index contributed by atoms with van der Waals surface area (Å²) in [5.41, 5.74) is 2.84. The van der Waals surface area contributed by atoms with Crippen LogP contribution in [0.4, 0.5) is 0 Å². The van der Waals surface area contributed by atoms with Crippen LogP contribution in [0.2, 0.25) is 0 Å². The first kappa shape index (κ1) is 12.9. The number of hydrogen-bond acceptors (Lipinski definition) is 1. The predicted molar refractivity (Wildman–Crippen MR) is 74.7 cm³/mol. The zero-order chi connectivity index (χ0) is 12.3. The molecule has 0 radical (unpaired) electrons. The molecule has 1 heterocycles. The number of piperidine rings is 1. The summed E-state index contributed by atoms with van der Waals surface area (Å²) in [7, 11) is 0. The molecule has 1 fully saturated rings. The lowest BCUT2D eigenvalue weighted by molar-refractivity contribution is 0.223. The van der Waals surface area contributed by atoms with Gasteiger partial charge in [0.25, 0.3) is 0 Å². The van der Waals surface area contributed by atoms with Gasteiger partial charge in [-0.3, -0.25) is 4.90 Å². The summed E-state index contributed by atoms with van der Waals surface area (Å²) in [6, 6.07) is 9.05. The first-order valence-corrected chi connectivity index (χ1v) is 7.04. The highest BCUT2D eigenvalue weighted by molar-refractivity contribution is 6.20. The van der Waals surface area contributed by atoms with Crippen LogP contribution in [0.25, 0.3) is 0 Å². The summed E-state index contributed by atoms with van der Waals surface area (Å²) in [6.07, 6.45) is 2.26. The largest absolute Gasteiger partial charge is 0.299 e. The third-order valence-electron chi connectivity index (χ3n) is 3.57. The number of hydrogen-bond donors (Lipinski definition) is 0. The van der Waals surface area contributed by atoms with Crippen molar-refractivity contribution in [3.8, 4) is 0 Å². The number of halogens is 1. The summed E-state index contributed by atoms with van der Waals surface area (Å²) in [6.45, 7) is 7.82. The predicted octanol–water partition coefficient (Wildman–Crippen LogP) is 4.01. The molecule has 0 aliphatic carbocycles. The maximum atomic E-state index is 6.11. The molecule has 2 rings (SSSR count). The van der Waals surface area contributed by atoms with E-state index in [9.17, 15) is 0 Å². The van der Waals surface area contributed by atoms with Gasteiger partial charge in [0.1, 0.15) is 0 Å². The average Bonchev–Trinajstić information content (AvgIpc) is 2.33. The van der Waals surface area contributed by atoms with Gasteiger partial charge in [-0.15, -0.1) is 11.6 Å². The minimum atomic E-state index is 0.398. The number of alkyl halides is 1. The van der Waals surface area contributed by atoms with E-state index in [1.165, 1.54) is 11.1 Å². The van der Waals surface area contributed by atoms with Crippen molar-refractivity contribution in [1.82, 2.24) is 4.90 Å². The molecule has 1 aliphatic rings. The molecule has 0 unspecified atom stereocenters. The average molecular weight is 252 g/mol. The van der Waals surface area contributed by atoms with Gasteiger partial charge in [-0.1, -0.05) is 38.1 Å². The lowest BCUT2D eigenvalue weighted by atomic mass is 10.0. The van der Waals surface area contributed by atoms with E-state index in [2.05, 4.69) is 43.0 Å². The highest BCUT2D eigenvalue weighted by atomic mass is 35.5. The third-order valence-corrected chi connectivity index (χ3v) is 4.01. The van der Waals surface area contributed by atoms with Gasteiger partial charge in [-0.2, -0.15) is 0 Å². The number of likely N-dealkylation sites (tertiary alicyclic amines) is 1. The Morgan fingerprint density at radius 2 is 1.76 bits per heavy atom.